The van der Waals surface area contributed by atoms with Crippen molar-refractivity contribution in [2.45, 2.75) is 17.9 Å². The highest BCUT2D eigenvalue weighted by atomic mass is 79.9. The van der Waals surface area contributed by atoms with Crippen LogP contribution in [-0.4, -0.2) is 16.8 Å². The molecule has 0 aliphatic heterocycles. The summed E-state index contributed by atoms with van der Waals surface area (Å²) in [6, 6.07) is 10.3. The highest BCUT2D eigenvalue weighted by Crippen LogP contribution is 2.25. The molecule has 3 heteroatoms. The van der Waals surface area contributed by atoms with Gasteiger partial charge in [0.05, 0.1) is 12.7 Å². The van der Waals surface area contributed by atoms with E-state index in [1.807, 2.05) is 18.2 Å². The summed E-state index contributed by atoms with van der Waals surface area (Å²) >= 11 is 6.93. The average molecular weight is 322 g/mol. The minimum Gasteiger partial charge on any atom is -0.372 e. The molecule has 0 saturated heterocycles. The van der Waals surface area contributed by atoms with E-state index in [4.69, 9.17) is 4.74 Å². The van der Waals surface area contributed by atoms with Gasteiger partial charge in [0.25, 0.3) is 0 Å². The Labute approximate surface area is 102 Å². The van der Waals surface area contributed by atoms with Gasteiger partial charge in [0, 0.05) is 10.2 Å². The number of alkyl halides is 2. The summed E-state index contributed by atoms with van der Waals surface area (Å²) in [5.41, 5.74) is 1.22. The Morgan fingerprint density at radius 3 is 2.43 bits per heavy atom. The van der Waals surface area contributed by atoms with Gasteiger partial charge in [0.15, 0.2) is 0 Å². The number of rotatable bonds is 5. The average Bonchev–Trinajstić information content (AvgIpc) is 2.19. The van der Waals surface area contributed by atoms with Crippen LogP contribution in [0.4, 0.5) is 0 Å². The van der Waals surface area contributed by atoms with Crippen molar-refractivity contribution in [3.63, 3.8) is 0 Å². The van der Waals surface area contributed by atoms with Crippen LogP contribution >= 0.6 is 31.9 Å². The van der Waals surface area contributed by atoms with Crippen molar-refractivity contribution >= 4 is 31.9 Å². The standard InChI is InChI=1S/C11H14Br2O/c1-9(13)11(14-8-7-12)10-5-3-2-4-6-10/h2-6,9,11H,7-8H2,1H3. The summed E-state index contributed by atoms with van der Waals surface area (Å²) in [4.78, 5) is 0.323. The molecule has 1 nitrogen and oxygen atoms in total. The first-order valence-corrected chi connectivity index (χ1v) is 6.66. The third kappa shape index (κ3) is 3.71. The Bertz CT molecular complexity index is 249. The summed E-state index contributed by atoms with van der Waals surface area (Å²) < 4.78 is 5.74. The lowest BCUT2D eigenvalue weighted by molar-refractivity contribution is 0.0676. The predicted octanol–water partition coefficient (Wildman–Crippen LogP) is 3.92. The molecule has 14 heavy (non-hydrogen) atoms. The molecule has 0 saturated carbocycles. The monoisotopic (exact) mass is 320 g/mol. The highest BCUT2D eigenvalue weighted by molar-refractivity contribution is 9.09. The van der Waals surface area contributed by atoms with Crippen LogP contribution in [0.15, 0.2) is 30.3 Å². The number of hydrogen-bond acceptors (Lipinski definition) is 1. The second kappa shape index (κ2) is 6.59. The molecule has 1 rings (SSSR count). The minimum absolute atomic E-state index is 0.133. The van der Waals surface area contributed by atoms with Crippen LogP contribution in [0.5, 0.6) is 0 Å². The van der Waals surface area contributed by atoms with E-state index in [1.54, 1.807) is 0 Å². The first-order chi connectivity index (χ1) is 6.75. The maximum absolute atomic E-state index is 5.74. The zero-order valence-electron chi connectivity index (χ0n) is 8.12. The Morgan fingerprint density at radius 1 is 1.29 bits per heavy atom. The third-order valence-electron chi connectivity index (χ3n) is 1.92. The number of ether oxygens (including phenoxy) is 1. The molecule has 78 valence electrons. The number of hydrogen-bond donors (Lipinski definition) is 0. The van der Waals surface area contributed by atoms with Crippen molar-refractivity contribution in [3.8, 4) is 0 Å². The molecule has 0 aliphatic rings. The fourth-order valence-corrected chi connectivity index (χ4v) is 1.95. The topological polar surface area (TPSA) is 9.23 Å². The Kier molecular flexibility index (Phi) is 5.75. The molecular weight excluding hydrogens is 308 g/mol. The van der Waals surface area contributed by atoms with E-state index in [9.17, 15) is 0 Å². The summed E-state index contributed by atoms with van der Waals surface area (Å²) in [6.07, 6.45) is 0.133. The van der Waals surface area contributed by atoms with Gasteiger partial charge in [-0.3, -0.25) is 0 Å². The Balaban J connectivity index is 2.68. The molecular formula is C11H14Br2O. The van der Waals surface area contributed by atoms with Crippen LogP contribution in [0, 0.1) is 0 Å². The zero-order valence-corrected chi connectivity index (χ0v) is 11.3. The molecule has 0 aromatic heterocycles. The second-order valence-electron chi connectivity index (χ2n) is 3.07. The molecule has 0 spiro atoms. The van der Waals surface area contributed by atoms with E-state index >= 15 is 0 Å². The van der Waals surface area contributed by atoms with Crippen molar-refractivity contribution in [1.82, 2.24) is 0 Å². The second-order valence-corrected chi connectivity index (χ2v) is 5.31. The van der Waals surface area contributed by atoms with Crippen molar-refractivity contribution in [1.29, 1.82) is 0 Å². The predicted molar refractivity (Wildman–Crippen MR) is 67.3 cm³/mol. The molecule has 0 amide bonds. The molecule has 2 atom stereocenters. The van der Waals surface area contributed by atoms with Crippen molar-refractivity contribution in [2.24, 2.45) is 0 Å². The maximum atomic E-state index is 5.74. The smallest absolute Gasteiger partial charge is 0.0947 e. The molecule has 1 aromatic carbocycles. The Hall–Kier alpha value is 0.140. The number of halogens is 2. The molecule has 0 bridgehead atoms. The molecule has 0 aliphatic carbocycles. The quantitative estimate of drug-likeness (QED) is 0.747. The van der Waals surface area contributed by atoms with Crippen LogP contribution in [-0.2, 0) is 4.74 Å². The van der Waals surface area contributed by atoms with Gasteiger partial charge < -0.3 is 4.74 Å². The van der Waals surface area contributed by atoms with Gasteiger partial charge in [0.2, 0.25) is 0 Å². The van der Waals surface area contributed by atoms with Gasteiger partial charge in [0.1, 0.15) is 0 Å². The van der Waals surface area contributed by atoms with E-state index in [2.05, 4.69) is 50.9 Å². The van der Waals surface area contributed by atoms with E-state index in [-0.39, 0.29) is 6.10 Å². The molecule has 0 fully saturated rings. The molecule has 2 unspecified atom stereocenters. The zero-order chi connectivity index (χ0) is 10.4. The van der Waals surface area contributed by atoms with Gasteiger partial charge in [-0.05, 0) is 12.5 Å². The Morgan fingerprint density at radius 2 is 1.93 bits per heavy atom. The van der Waals surface area contributed by atoms with Crippen LogP contribution in [0.1, 0.15) is 18.6 Å². The van der Waals surface area contributed by atoms with E-state index in [0.717, 1.165) is 11.9 Å². The lowest BCUT2D eigenvalue weighted by Gasteiger charge is -2.20. The van der Waals surface area contributed by atoms with E-state index in [0.29, 0.717) is 4.83 Å². The third-order valence-corrected chi connectivity index (χ3v) is 2.72. The molecule has 0 heterocycles. The van der Waals surface area contributed by atoms with Gasteiger partial charge in [-0.15, -0.1) is 0 Å². The fourth-order valence-electron chi connectivity index (χ4n) is 1.31. The fraction of sp³-hybridized carbons (Fsp3) is 0.455. The van der Waals surface area contributed by atoms with Crippen LogP contribution in [0.2, 0.25) is 0 Å². The molecule has 1 aromatic rings. The largest absolute Gasteiger partial charge is 0.372 e. The lowest BCUT2D eigenvalue weighted by atomic mass is 10.1. The van der Waals surface area contributed by atoms with E-state index in [1.165, 1.54) is 5.56 Å². The van der Waals surface area contributed by atoms with E-state index < -0.39 is 0 Å². The van der Waals surface area contributed by atoms with Gasteiger partial charge >= 0.3 is 0 Å². The van der Waals surface area contributed by atoms with Gasteiger partial charge in [-0.2, -0.15) is 0 Å². The van der Waals surface area contributed by atoms with Crippen molar-refractivity contribution in [3.05, 3.63) is 35.9 Å². The van der Waals surface area contributed by atoms with Gasteiger partial charge in [-0.25, -0.2) is 0 Å². The minimum atomic E-state index is 0.133. The van der Waals surface area contributed by atoms with Crippen LogP contribution in [0.3, 0.4) is 0 Å². The SMILES string of the molecule is CC(Br)C(OCCBr)c1ccccc1. The maximum Gasteiger partial charge on any atom is 0.0947 e. The lowest BCUT2D eigenvalue weighted by Crippen LogP contribution is -2.14. The first-order valence-electron chi connectivity index (χ1n) is 4.62. The van der Waals surface area contributed by atoms with Crippen LogP contribution < -0.4 is 0 Å². The summed E-state index contributed by atoms with van der Waals surface area (Å²) in [5, 5.41) is 0.871. The summed E-state index contributed by atoms with van der Waals surface area (Å²) in [6.45, 7) is 2.83. The summed E-state index contributed by atoms with van der Waals surface area (Å²) in [5.74, 6) is 0. The normalized spacial score (nSPS) is 15.1. The summed E-state index contributed by atoms with van der Waals surface area (Å²) in [7, 11) is 0. The molecule has 0 N–H and O–H groups in total. The van der Waals surface area contributed by atoms with Crippen molar-refractivity contribution < 1.29 is 4.74 Å². The van der Waals surface area contributed by atoms with Crippen molar-refractivity contribution in [2.75, 3.05) is 11.9 Å². The first kappa shape index (κ1) is 12.2. The van der Waals surface area contributed by atoms with Gasteiger partial charge in [-0.1, -0.05) is 62.2 Å². The van der Waals surface area contributed by atoms with Crippen LogP contribution in [0.25, 0.3) is 0 Å². The highest BCUT2D eigenvalue weighted by Gasteiger charge is 2.16. The molecule has 0 radical (unpaired) electrons. The number of benzene rings is 1.